The van der Waals surface area contributed by atoms with Gasteiger partial charge in [-0.15, -0.1) is 0 Å². The highest BCUT2D eigenvalue weighted by Crippen LogP contribution is 2.18. The standard InChI is InChI=1S/C21H26N4O2/c26-21(23-18-9-11-24(15-18)20-8-4-5-10-22-20)25-12-13-27-19(16-25)14-17-6-2-1-3-7-17/h1-8,10,18-19H,9,11-16H2,(H,23,26). The van der Waals surface area contributed by atoms with Gasteiger partial charge in [-0.05, 0) is 24.1 Å². The summed E-state index contributed by atoms with van der Waals surface area (Å²) in [5, 5.41) is 3.19. The van der Waals surface area contributed by atoms with E-state index in [0.29, 0.717) is 19.7 Å². The molecule has 1 aromatic heterocycles. The van der Waals surface area contributed by atoms with Crippen LogP contribution in [0.2, 0.25) is 0 Å². The number of nitrogens with zero attached hydrogens (tertiary/aromatic N) is 3. The van der Waals surface area contributed by atoms with E-state index in [0.717, 1.165) is 31.7 Å². The second-order valence-corrected chi connectivity index (χ2v) is 7.20. The molecule has 2 aliphatic heterocycles. The normalized spacial score (nSPS) is 22.7. The molecule has 0 saturated carbocycles. The van der Waals surface area contributed by atoms with Crippen molar-refractivity contribution in [2.75, 3.05) is 37.7 Å². The summed E-state index contributed by atoms with van der Waals surface area (Å²) in [4.78, 5) is 21.2. The summed E-state index contributed by atoms with van der Waals surface area (Å²) in [5.74, 6) is 0.976. The molecule has 1 N–H and O–H groups in total. The van der Waals surface area contributed by atoms with Crippen LogP contribution in [0.1, 0.15) is 12.0 Å². The number of anilines is 1. The van der Waals surface area contributed by atoms with Gasteiger partial charge in [-0.2, -0.15) is 0 Å². The molecule has 0 radical (unpaired) electrons. The maximum atomic E-state index is 12.7. The number of carbonyl (C=O) groups is 1. The second-order valence-electron chi connectivity index (χ2n) is 7.20. The van der Waals surface area contributed by atoms with E-state index in [-0.39, 0.29) is 18.2 Å². The predicted octanol–water partition coefficient (Wildman–Crippen LogP) is 2.31. The Bertz CT molecular complexity index is 740. The van der Waals surface area contributed by atoms with Crippen LogP contribution < -0.4 is 10.2 Å². The Morgan fingerprint density at radius 2 is 1.96 bits per heavy atom. The summed E-state index contributed by atoms with van der Waals surface area (Å²) in [6, 6.07) is 16.4. The first kappa shape index (κ1) is 17.8. The number of carbonyl (C=O) groups excluding carboxylic acids is 1. The highest BCUT2D eigenvalue weighted by Gasteiger charge is 2.29. The first-order valence-corrected chi connectivity index (χ1v) is 9.65. The third-order valence-electron chi connectivity index (χ3n) is 5.22. The summed E-state index contributed by atoms with van der Waals surface area (Å²) >= 11 is 0. The fraction of sp³-hybridized carbons (Fsp3) is 0.429. The molecule has 0 aliphatic carbocycles. The molecule has 2 unspecified atom stereocenters. The highest BCUT2D eigenvalue weighted by molar-refractivity contribution is 5.75. The lowest BCUT2D eigenvalue weighted by atomic mass is 10.1. The van der Waals surface area contributed by atoms with Gasteiger partial charge in [-0.3, -0.25) is 0 Å². The zero-order valence-corrected chi connectivity index (χ0v) is 15.5. The van der Waals surface area contributed by atoms with Crippen LogP contribution in [0, 0.1) is 0 Å². The van der Waals surface area contributed by atoms with Crippen molar-refractivity contribution in [1.29, 1.82) is 0 Å². The Hall–Kier alpha value is -2.60. The van der Waals surface area contributed by atoms with Crippen LogP contribution in [-0.2, 0) is 11.2 Å². The van der Waals surface area contributed by atoms with Gasteiger partial charge in [-0.25, -0.2) is 9.78 Å². The molecule has 6 heteroatoms. The third kappa shape index (κ3) is 4.57. The van der Waals surface area contributed by atoms with Crippen molar-refractivity contribution in [3.05, 3.63) is 60.3 Å². The van der Waals surface area contributed by atoms with Gasteiger partial charge in [0.1, 0.15) is 5.82 Å². The fourth-order valence-electron chi connectivity index (χ4n) is 3.80. The highest BCUT2D eigenvalue weighted by atomic mass is 16.5. The Kier molecular flexibility index (Phi) is 5.53. The summed E-state index contributed by atoms with van der Waals surface area (Å²) < 4.78 is 5.87. The molecule has 2 aliphatic rings. The predicted molar refractivity (Wildman–Crippen MR) is 105 cm³/mol. The molecular weight excluding hydrogens is 340 g/mol. The number of hydrogen-bond acceptors (Lipinski definition) is 4. The largest absolute Gasteiger partial charge is 0.374 e. The van der Waals surface area contributed by atoms with Crippen molar-refractivity contribution < 1.29 is 9.53 Å². The number of hydrogen-bond donors (Lipinski definition) is 1. The van der Waals surface area contributed by atoms with Crippen molar-refractivity contribution in [3.63, 3.8) is 0 Å². The number of ether oxygens (including phenoxy) is 1. The van der Waals surface area contributed by atoms with E-state index in [4.69, 9.17) is 4.74 Å². The number of pyridine rings is 1. The summed E-state index contributed by atoms with van der Waals surface area (Å²) in [6.45, 7) is 3.60. The number of urea groups is 1. The van der Waals surface area contributed by atoms with Gasteiger partial charge < -0.3 is 19.9 Å². The van der Waals surface area contributed by atoms with Crippen molar-refractivity contribution in [2.45, 2.75) is 25.0 Å². The van der Waals surface area contributed by atoms with E-state index in [2.05, 4.69) is 27.3 Å². The molecule has 2 amide bonds. The monoisotopic (exact) mass is 366 g/mol. The van der Waals surface area contributed by atoms with Gasteiger partial charge in [0.25, 0.3) is 0 Å². The van der Waals surface area contributed by atoms with Crippen LogP contribution in [0.5, 0.6) is 0 Å². The average molecular weight is 366 g/mol. The van der Waals surface area contributed by atoms with Gasteiger partial charge in [-0.1, -0.05) is 36.4 Å². The van der Waals surface area contributed by atoms with Gasteiger partial charge in [0.2, 0.25) is 0 Å². The molecular formula is C21H26N4O2. The topological polar surface area (TPSA) is 57.7 Å². The lowest BCUT2D eigenvalue weighted by molar-refractivity contribution is -0.0135. The lowest BCUT2D eigenvalue weighted by Crippen LogP contribution is -2.52. The Labute approximate surface area is 160 Å². The van der Waals surface area contributed by atoms with E-state index in [9.17, 15) is 4.79 Å². The molecule has 2 aromatic rings. The first-order valence-electron chi connectivity index (χ1n) is 9.65. The molecule has 3 heterocycles. The number of amides is 2. The number of aromatic nitrogens is 1. The van der Waals surface area contributed by atoms with Crippen LogP contribution in [0.25, 0.3) is 0 Å². The smallest absolute Gasteiger partial charge is 0.317 e. The maximum absolute atomic E-state index is 12.7. The minimum Gasteiger partial charge on any atom is -0.374 e. The van der Waals surface area contributed by atoms with E-state index < -0.39 is 0 Å². The van der Waals surface area contributed by atoms with Crippen LogP contribution in [0.3, 0.4) is 0 Å². The fourth-order valence-corrected chi connectivity index (χ4v) is 3.80. The van der Waals surface area contributed by atoms with Crippen LogP contribution >= 0.6 is 0 Å². The van der Waals surface area contributed by atoms with Crippen LogP contribution in [0.15, 0.2) is 54.7 Å². The summed E-state index contributed by atoms with van der Waals surface area (Å²) in [5.41, 5.74) is 1.24. The number of nitrogens with one attached hydrogen (secondary N) is 1. The zero-order valence-electron chi connectivity index (χ0n) is 15.5. The molecule has 6 nitrogen and oxygen atoms in total. The van der Waals surface area contributed by atoms with Gasteiger partial charge in [0, 0.05) is 44.8 Å². The van der Waals surface area contributed by atoms with E-state index in [1.807, 2.05) is 47.5 Å². The van der Waals surface area contributed by atoms with Gasteiger partial charge >= 0.3 is 6.03 Å². The first-order chi connectivity index (χ1) is 13.3. The van der Waals surface area contributed by atoms with Crippen molar-refractivity contribution in [3.8, 4) is 0 Å². The average Bonchev–Trinajstić information content (AvgIpc) is 3.18. The molecule has 0 bridgehead atoms. The minimum atomic E-state index is 0.0178. The minimum absolute atomic E-state index is 0.0178. The molecule has 2 fully saturated rings. The lowest BCUT2D eigenvalue weighted by Gasteiger charge is -2.33. The zero-order chi connectivity index (χ0) is 18.5. The van der Waals surface area contributed by atoms with Gasteiger partial charge in [0.05, 0.1) is 12.7 Å². The summed E-state index contributed by atoms with van der Waals surface area (Å²) in [7, 11) is 0. The SMILES string of the molecule is O=C(NC1CCN(c2ccccn2)C1)N1CCOC(Cc2ccccc2)C1. The van der Waals surface area contributed by atoms with Crippen LogP contribution in [0.4, 0.5) is 10.6 Å². The Balaban J connectivity index is 1.28. The number of morpholine rings is 1. The van der Waals surface area contributed by atoms with E-state index in [1.165, 1.54) is 5.56 Å². The molecule has 0 spiro atoms. The van der Waals surface area contributed by atoms with E-state index >= 15 is 0 Å². The summed E-state index contributed by atoms with van der Waals surface area (Å²) in [6.07, 6.45) is 3.64. The second kappa shape index (κ2) is 8.39. The van der Waals surface area contributed by atoms with Crippen LogP contribution in [-0.4, -0.2) is 60.8 Å². The van der Waals surface area contributed by atoms with Crippen molar-refractivity contribution in [1.82, 2.24) is 15.2 Å². The molecule has 4 rings (SSSR count). The third-order valence-corrected chi connectivity index (χ3v) is 5.22. The van der Waals surface area contributed by atoms with Gasteiger partial charge in [0.15, 0.2) is 0 Å². The Morgan fingerprint density at radius 3 is 2.78 bits per heavy atom. The molecule has 142 valence electrons. The number of rotatable bonds is 4. The number of benzene rings is 1. The molecule has 27 heavy (non-hydrogen) atoms. The quantitative estimate of drug-likeness (QED) is 0.902. The molecule has 2 saturated heterocycles. The molecule has 1 aromatic carbocycles. The van der Waals surface area contributed by atoms with Crippen molar-refractivity contribution in [2.24, 2.45) is 0 Å². The maximum Gasteiger partial charge on any atom is 0.317 e. The molecule has 2 atom stereocenters. The van der Waals surface area contributed by atoms with E-state index in [1.54, 1.807) is 0 Å². The Morgan fingerprint density at radius 1 is 1.11 bits per heavy atom. The van der Waals surface area contributed by atoms with Crippen molar-refractivity contribution >= 4 is 11.8 Å².